The number of morpholine rings is 1. The smallest absolute Gasteiger partial charge is 0.254 e. The normalized spacial score (nSPS) is 17.5. The monoisotopic (exact) mass is 589 g/mol. The third-order valence-corrected chi connectivity index (χ3v) is 8.46. The molecule has 3 heterocycles. The molecule has 7 nitrogen and oxygen atoms in total. The number of aromatic nitrogens is 1. The van der Waals surface area contributed by atoms with Crippen LogP contribution in [-0.2, 0) is 37.5 Å². The summed E-state index contributed by atoms with van der Waals surface area (Å²) in [6.07, 6.45) is 0. The number of nitrogens with zero attached hydrogens (tertiary/aromatic N) is 5. The zero-order valence-electron chi connectivity index (χ0n) is 25.6. The quantitative estimate of drug-likeness (QED) is 0.300. The second-order valence-electron chi connectivity index (χ2n) is 11.9. The fraction of sp³-hybridized carbons (Fsp3) is 0.351. The zero-order valence-corrected chi connectivity index (χ0v) is 25.6. The summed E-state index contributed by atoms with van der Waals surface area (Å²) < 4.78 is 5.52. The zero-order chi connectivity index (χ0) is 30.0. The number of amides is 1. The summed E-state index contributed by atoms with van der Waals surface area (Å²) in [5.74, 6) is 0.0727. The highest BCUT2D eigenvalue weighted by atomic mass is 16.5. The Morgan fingerprint density at radius 2 is 0.977 bits per heavy atom. The highest BCUT2D eigenvalue weighted by molar-refractivity contribution is 5.94. The van der Waals surface area contributed by atoms with Crippen molar-refractivity contribution in [2.45, 2.75) is 32.7 Å². The summed E-state index contributed by atoms with van der Waals surface area (Å²) in [4.78, 5) is 28.3. The lowest BCUT2D eigenvalue weighted by atomic mass is 10.1. The first-order valence-corrected chi connectivity index (χ1v) is 15.8. The van der Waals surface area contributed by atoms with Gasteiger partial charge < -0.3 is 9.64 Å². The molecule has 6 rings (SSSR count). The van der Waals surface area contributed by atoms with Gasteiger partial charge in [-0.15, -0.1) is 0 Å². The molecule has 1 amide bonds. The average Bonchev–Trinajstić information content (AvgIpc) is 3.06. The number of hydrogen-bond donors (Lipinski definition) is 0. The summed E-state index contributed by atoms with van der Waals surface area (Å²) >= 11 is 0. The van der Waals surface area contributed by atoms with E-state index in [0.29, 0.717) is 39.4 Å². The van der Waals surface area contributed by atoms with E-state index in [1.165, 1.54) is 16.7 Å². The highest BCUT2D eigenvalue weighted by Crippen LogP contribution is 2.18. The fourth-order valence-corrected chi connectivity index (χ4v) is 6.13. The van der Waals surface area contributed by atoms with Crippen molar-refractivity contribution in [3.8, 4) is 0 Å². The Morgan fingerprint density at radius 1 is 0.568 bits per heavy atom. The first kappa shape index (κ1) is 30.2. The van der Waals surface area contributed by atoms with Gasteiger partial charge in [0.2, 0.25) is 0 Å². The standard InChI is InChI=1S/C37H43N5O2/c43-37(42-20-22-44-23-21-42)34-24-35-29-40(27-32-12-6-2-7-13-32)18-16-39(26-31-10-4-1-5-11-31)17-19-41(30-36(25-34)38-35)28-33-14-8-3-9-15-33/h1-15,24-25H,16-23,26-30H2. The third kappa shape index (κ3) is 8.61. The Morgan fingerprint density at radius 3 is 1.43 bits per heavy atom. The Kier molecular flexibility index (Phi) is 10.4. The molecular formula is C37H43N5O2. The van der Waals surface area contributed by atoms with Gasteiger partial charge in [-0.25, -0.2) is 0 Å². The van der Waals surface area contributed by atoms with Crippen molar-refractivity contribution >= 4 is 5.91 Å². The lowest BCUT2D eigenvalue weighted by Gasteiger charge is -2.32. The predicted octanol–water partition coefficient (Wildman–Crippen LogP) is 5.07. The fourth-order valence-electron chi connectivity index (χ4n) is 6.13. The van der Waals surface area contributed by atoms with Gasteiger partial charge in [0.1, 0.15) is 0 Å². The molecule has 0 atom stereocenters. The number of rotatable bonds is 7. The molecule has 4 aromatic rings. The summed E-state index contributed by atoms with van der Waals surface area (Å²) in [6.45, 7) is 10.1. The number of carbonyl (C=O) groups is 1. The topological polar surface area (TPSA) is 52.2 Å². The molecule has 0 aliphatic carbocycles. The largest absolute Gasteiger partial charge is 0.378 e. The van der Waals surface area contributed by atoms with E-state index in [0.717, 1.165) is 62.8 Å². The van der Waals surface area contributed by atoms with Crippen LogP contribution in [-0.4, -0.2) is 83.0 Å². The Labute approximate surface area is 261 Å². The van der Waals surface area contributed by atoms with E-state index >= 15 is 0 Å². The molecule has 44 heavy (non-hydrogen) atoms. The minimum Gasteiger partial charge on any atom is -0.378 e. The second-order valence-corrected chi connectivity index (χ2v) is 11.9. The molecule has 0 radical (unpaired) electrons. The first-order valence-electron chi connectivity index (χ1n) is 15.8. The molecular weight excluding hydrogens is 546 g/mol. The van der Waals surface area contributed by atoms with E-state index in [4.69, 9.17) is 9.72 Å². The molecule has 0 spiro atoms. The molecule has 1 fully saturated rings. The number of hydrogen-bond acceptors (Lipinski definition) is 6. The van der Waals surface area contributed by atoms with Crippen molar-refractivity contribution in [3.63, 3.8) is 0 Å². The van der Waals surface area contributed by atoms with Crippen molar-refractivity contribution in [2.24, 2.45) is 0 Å². The van der Waals surface area contributed by atoms with E-state index in [1.54, 1.807) is 0 Å². The summed E-state index contributed by atoms with van der Waals surface area (Å²) in [7, 11) is 0. The van der Waals surface area contributed by atoms with E-state index < -0.39 is 0 Å². The van der Waals surface area contributed by atoms with Crippen molar-refractivity contribution in [2.75, 3.05) is 52.5 Å². The predicted molar refractivity (Wildman–Crippen MR) is 174 cm³/mol. The van der Waals surface area contributed by atoms with Gasteiger partial charge in [-0.1, -0.05) is 91.0 Å². The Balaban J connectivity index is 1.32. The van der Waals surface area contributed by atoms with Gasteiger partial charge in [0.05, 0.1) is 24.6 Å². The molecule has 0 N–H and O–H groups in total. The van der Waals surface area contributed by atoms with Crippen molar-refractivity contribution < 1.29 is 9.53 Å². The number of fused-ring (bicyclic) bond motifs is 2. The van der Waals surface area contributed by atoms with Crippen molar-refractivity contribution in [1.29, 1.82) is 0 Å². The maximum atomic E-state index is 13.7. The minimum absolute atomic E-state index is 0.0727. The number of carbonyl (C=O) groups excluding carboxylic acids is 1. The number of pyridine rings is 1. The van der Waals surface area contributed by atoms with Crippen LogP contribution < -0.4 is 0 Å². The van der Waals surface area contributed by atoms with E-state index in [9.17, 15) is 4.79 Å². The van der Waals surface area contributed by atoms with Gasteiger partial charge in [-0.05, 0) is 28.8 Å². The van der Waals surface area contributed by atoms with Gasteiger partial charge in [-0.2, -0.15) is 0 Å². The van der Waals surface area contributed by atoms with Gasteiger partial charge in [-0.3, -0.25) is 24.5 Å². The molecule has 2 aliphatic rings. The van der Waals surface area contributed by atoms with Crippen LogP contribution in [0.1, 0.15) is 38.4 Å². The van der Waals surface area contributed by atoms with Crippen LogP contribution in [0.25, 0.3) is 0 Å². The van der Waals surface area contributed by atoms with Gasteiger partial charge in [0.15, 0.2) is 0 Å². The Bertz CT molecular complexity index is 1390. The summed E-state index contributed by atoms with van der Waals surface area (Å²) in [6, 6.07) is 36.1. The SMILES string of the molecule is O=C(c1cc2nc(c1)CN(Cc1ccccc1)CCN(Cc1ccccc1)CCN(Cc1ccccc1)C2)N1CCOCC1. The highest BCUT2D eigenvalue weighted by Gasteiger charge is 2.22. The maximum Gasteiger partial charge on any atom is 0.254 e. The van der Waals surface area contributed by atoms with E-state index in [-0.39, 0.29) is 5.91 Å². The lowest BCUT2D eigenvalue weighted by Crippen LogP contribution is -2.41. The van der Waals surface area contributed by atoms with Crippen LogP contribution in [0.2, 0.25) is 0 Å². The molecule has 3 aromatic carbocycles. The lowest BCUT2D eigenvalue weighted by molar-refractivity contribution is 0.0302. The van der Waals surface area contributed by atoms with E-state index in [1.807, 2.05) is 17.0 Å². The molecule has 228 valence electrons. The van der Waals surface area contributed by atoms with Crippen LogP contribution >= 0.6 is 0 Å². The number of ether oxygens (including phenoxy) is 1. The first-order chi connectivity index (χ1) is 21.7. The summed E-state index contributed by atoms with van der Waals surface area (Å²) in [5, 5.41) is 0. The van der Waals surface area contributed by atoms with Crippen LogP contribution in [0, 0.1) is 0 Å². The molecule has 0 saturated carbocycles. The van der Waals surface area contributed by atoms with Gasteiger partial charge >= 0.3 is 0 Å². The van der Waals surface area contributed by atoms with Gasteiger partial charge in [0, 0.05) is 77.6 Å². The molecule has 0 unspecified atom stereocenters. The van der Waals surface area contributed by atoms with Crippen molar-refractivity contribution in [3.05, 3.63) is 137 Å². The molecule has 2 bridgehead atoms. The molecule has 1 aromatic heterocycles. The average molecular weight is 590 g/mol. The van der Waals surface area contributed by atoms with Crippen LogP contribution in [0.5, 0.6) is 0 Å². The van der Waals surface area contributed by atoms with Gasteiger partial charge in [0.25, 0.3) is 5.91 Å². The molecule has 7 heteroatoms. The maximum absolute atomic E-state index is 13.7. The van der Waals surface area contributed by atoms with Crippen LogP contribution in [0.15, 0.2) is 103 Å². The van der Waals surface area contributed by atoms with Crippen LogP contribution in [0.4, 0.5) is 0 Å². The summed E-state index contributed by atoms with van der Waals surface area (Å²) in [5.41, 5.74) is 6.53. The molecule has 2 aliphatic heterocycles. The second kappa shape index (κ2) is 15.2. The minimum atomic E-state index is 0.0727. The Hall–Kier alpha value is -3.88. The van der Waals surface area contributed by atoms with Crippen molar-refractivity contribution in [1.82, 2.24) is 24.6 Å². The third-order valence-electron chi connectivity index (χ3n) is 8.46. The molecule has 1 saturated heterocycles. The number of benzene rings is 3. The van der Waals surface area contributed by atoms with Crippen LogP contribution in [0.3, 0.4) is 0 Å². The van der Waals surface area contributed by atoms with E-state index in [2.05, 4.69) is 106 Å².